The summed E-state index contributed by atoms with van der Waals surface area (Å²) in [5.74, 6) is -1.04. The highest BCUT2D eigenvalue weighted by molar-refractivity contribution is 6.04. The molecule has 0 saturated heterocycles. The van der Waals surface area contributed by atoms with E-state index in [4.69, 9.17) is 0 Å². The monoisotopic (exact) mass is 274 g/mol. The second-order valence-electron chi connectivity index (χ2n) is 5.41. The number of rotatable bonds is 2. The van der Waals surface area contributed by atoms with E-state index < -0.39 is 12.0 Å². The van der Waals surface area contributed by atoms with Crippen molar-refractivity contribution in [3.05, 3.63) is 29.3 Å². The number of carbonyl (C=O) groups excluding carboxylic acids is 1. The van der Waals surface area contributed by atoms with Gasteiger partial charge in [-0.2, -0.15) is 0 Å². The van der Waals surface area contributed by atoms with Gasteiger partial charge in [-0.1, -0.05) is 18.2 Å². The topological polar surface area (TPSA) is 69.6 Å². The first-order chi connectivity index (χ1) is 9.63. The Hall–Kier alpha value is -1.88. The minimum atomic E-state index is -0.921. The number of hydrogen-bond acceptors (Lipinski definition) is 3. The van der Waals surface area contributed by atoms with E-state index in [2.05, 4.69) is 5.32 Å². The molecule has 1 amide bonds. The second-order valence-corrected chi connectivity index (χ2v) is 5.41. The zero-order valence-corrected chi connectivity index (χ0v) is 11.4. The van der Waals surface area contributed by atoms with Crippen LogP contribution < -0.4 is 10.2 Å². The van der Waals surface area contributed by atoms with E-state index in [1.807, 2.05) is 18.2 Å². The van der Waals surface area contributed by atoms with E-state index >= 15 is 0 Å². The molecule has 2 N–H and O–H groups in total. The van der Waals surface area contributed by atoms with Gasteiger partial charge in [0.15, 0.2) is 0 Å². The molecule has 1 aromatic carbocycles. The molecule has 2 aliphatic heterocycles. The zero-order chi connectivity index (χ0) is 14.3. The lowest BCUT2D eigenvalue weighted by Crippen LogP contribution is -2.53. The number of anilines is 1. The first kappa shape index (κ1) is 13.1. The molecule has 0 saturated carbocycles. The highest BCUT2D eigenvalue weighted by Crippen LogP contribution is 2.37. The molecule has 3 rings (SSSR count). The number of hydrogen-bond donors (Lipinski definition) is 2. The van der Waals surface area contributed by atoms with Gasteiger partial charge < -0.3 is 10.4 Å². The lowest BCUT2D eigenvalue weighted by molar-refractivity contribution is -0.140. The van der Waals surface area contributed by atoms with Crippen LogP contribution in [-0.4, -0.2) is 36.1 Å². The number of aliphatic carboxylic acids is 1. The minimum absolute atomic E-state index is 0.120. The first-order valence-electron chi connectivity index (χ1n) is 6.97. The van der Waals surface area contributed by atoms with Gasteiger partial charge in [-0.25, -0.2) is 4.79 Å². The molecular formula is C15H18N2O3. The number of nitrogens with one attached hydrogen (secondary N) is 1. The van der Waals surface area contributed by atoms with Crippen LogP contribution in [0.25, 0.3) is 0 Å². The molecule has 2 atom stereocenters. The Balaban J connectivity index is 2.16. The molecular weight excluding hydrogens is 256 g/mol. The summed E-state index contributed by atoms with van der Waals surface area (Å²) in [5, 5.41) is 12.4. The summed E-state index contributed by atoms with van der Waals surface area (Å²) in [6, 6.07) is 4.94. The zero-order valence-electron chi connectivity index (χ0n) is 11.4. The lowest BCUT2D eigenvalue weighted by atomic mass is 9.92. The molecule has 2 aliphatic rings. The van der Waals surface area contributed by atoms with E-state index in [0.717, 1.165) is 23.2 Å². The van der Waals surface area contributed by atoms with Crippen molar-refractivity contribution in [2.75, 3.05) is 11.9 Å². The van der Waals surface area contributed by atoms with Crippen LogP contribution >= 0.6 is 0 Å². The van der Waals surface area contributed by atoms with Crippen LogP contribution in [0.3, 0.4) is 0 Å². The molecule has 0 aliphatic carbocycles. The fourth-order valence-corrected chi connectivity index (χ4v) is 3.29. The Bertz CT molecular complexity index is 570. The van der Waals surface area contributed by atoms with Gasteiger partial charge in [-0.15, -0.1) is 0 Å². The minimum Gasteiger partial charge on any atom is -0.480 e. The van der Waals surface area contributed by atoms with E-state index in [1.165, 1.54) is 4.90 Å². The predicted octanol–water partition coefficient (Wildman–Crippen LogP) is 0.953. The summed E-state index contributed by atoms with van der Waals surface area (Å²) < 4.78 is 0. The number of benzene rings is 1. The van der Waals surface area contributed by atoms with Crippen LogP contribution in [0.15, 0.2) is 18.2 Å². The van der Waals surface area contributed by atoms with Gasteiger partial charge in [0.05, 0.1) is 11.7 Å². The Morgan fingerprint density at radius 1 is 1.30 bits per heavy atom. The lowest BCUT2D eigenvalue weighted by Gasteiger charge is -2.36. The Labute approximate surface area is 117 Å². The fraction of sp³-hybridized carbons (Fsp3) is 0.467. The van der Waals surface area contributed by atoms with Crippen LogP contribution in [-0.2, 0) is 22.4 Å². The van der Waals surface area contributed by atoms with E-state index in [9.17, 15) is 14.7 Å². The highest BCUT2D eigenvalue weighted by atomic mass is 16.4. The molecule has 0 radical (unpaired) electrons. The van der Waals surface area contributed by atoms with E-state index in [0.29, 0.717) is 19.3 Å². The van der Waals surface area contributed by atoms with Gasteiger partial charge in [0.2, 0.25) is 5.91 Å². The standard InChI is InChI=1S/C15H18N2O3/c1-16-11-7-5-9-3-2-4-10-6-8-12(15(19)20)17(13(9)10)14(11)18/h2-4,11-12,16H,5-8H2,1H3,(H,19,20)/t11-,12-/m0/s1. The van der Waals surface area contributed by atoms with Crippen molar-refractivity contribution in [2.24, 2.45) is 0 Å². The molecule has 0 spiro atoms. The van der Waals surface area contributed by atoms with E-state index in [-0.39, 0.29) is 11.9 Å². The number of carbonyl (C=O) groups is 2. The molecule has 0 aromatic heterocycles. The van der Waals surface area contributed by atoms with Crippen molar-refractivity contribution in [1.82, 2.24) is 5.32 Å². The number of likely N-dealkylation sites (N-methyl/N-ethyl adjacent to an activating group) is 1. The quantitative estimate of drug-likeness (QED) is 0.842. The summed E-state index contributed by atoms with van der Waals surface area (Å²) in [7, 11) is 1.75. The number of carboxylic acid groups (broad SMARTS) is 1. The fourth-order valence-electron chi connectivity index (χ4n) is 3.29. The van der Waals surface area contributed by atoms with Crippen molar-refractivity contribution in [3.63, 3.8) is 0 Å². The Morgan fingerprint density at radius 2 is 1.95 bits per heavy atom. The molecule has 2 heterocycles. The van der Waals surface area contributed by atoms with Crippen molar-refractivity contribution in [1.29, 1.82) is 0 Å². The van der Waals surface area contributed by atoms with Gasteiger partial charge in [0.25, 0.3) is 0 Å². The average Bonchev–Trinajstić information content (AvgIpc) is 2.59. The van der Waals surface area contributed by atoms with Crippen LogP contribution in [0.4, 0.5) is 5.69 Å². The van der Waals surface area contributed by atoms with Gasteiger partial charge in [-0.3, -0.25) is 9.69 Å². The van der Waals surface area contributed by atoms with Gasteiger partial charge in [-0.05, 0) is 43.9 Å². The number of carboxylic acids is 1. The molecule has 5 heteroatoms. The number of nitrogens with zero attached hydrogens (tertiary/aromatic N) is 1. The SMILES string of the molecule is CN[C@H]1CCc2cccc3c2N(C1=O)[C@H](C(=O)O)CC3. The Morgan fingerprint density at radius 3 is 2.55 bits per heavy atom. The van der Waals surface area contributed by atoms with Crippen molar-refractivity contribution in [2.45, 2.75) is 37.8 Å². The van der Waals surface area contributed by atoms with Gasteiger partial charge >= 0.3 is 5.97 Å². The third-order valence-electron chi connectivity index (χ3n) is 4.31. The van der Waals surface area contributed by atoms with Crippen molar-refractivity contribution < 1.29 is 14.7 Å². The summed E-state index contributed by atoms with van der Waals surface area (Å²) in [6.45, 7) is 0. The maximum absolute atomic E-state index is 12.7. The molecule has 0 bridgehead atoms. The molecule has 5 nitrogen and oxygen atoms in total. The Kier molecular flexibility index (Phi) is 3.22. The summed E-state index contributed by atoms with van der Waals surface area (Å²) in [4.78, 5) is 25.7. The maximum Gasteiger partial charge on any atom is 0.326 e. The number of aryl methyl sites for hydroxylation is 2. The van der Waals surface area contributed by atoms with E-state index in [1.54, 1.807) is 7.05 Å². The van der Waals surface area contributed by atoms with Crippen LogP contribution in [0.5, 0.6) is 0 Å². The number of amides is 1. The predicted molar refractivity (Wildman–Crippen MR) is 74.8 cm³/mol. The third kappa shape index (κ3) is 1.89. The van der Waals surface area contributed by atoms with Crippen LogP contribution in [0.1, 0.15) is 24.0 Å². The first-order valence-corrected chi connectivity index (χ1v) is 6.97. The summed E-state index contributed by atoms with van der Waals surface area (Å²) in [5.41, 5.74) is 3.01. The smallest absolute Gasteiger partial charge is 0.326 e. The summed E-state index contributed by atoms with van der Waals surface area (Å²) in [6.07, 6.45) is 2.69. The van der Waals surface area contributed by atoms with Crippen molar-refractivity contribution >= 4 is 17.6 Å². The molecule has 106 valence electrons. The molecule has 0 fully saturated rings. The van der Waals surface area contributed by atoms with Crippen LogP contribution in [0, 0.1) is 0 Å². The molecule has 1 aromatic rings. The normalized spacial score (nSPS) is 25.1. The molecule has 20 heavy (non-hydrogen) atoms. The highest BCUT2D eigenvalue weighted by Gasteiger charge is 2.40. The maximum atomic E-state index is 12.7. The van der Waals surface area contributed by atoms with Crippen molar-refractivity contribution in [3.8, 4) is 0 Å². The second kappa shape index (κ2) is 4.90. The average molecular weight is 274 g/mol. The largest absolute Gasteiger partial charge is 0.480 e. The van der Waals surface area contributed by atoms with Crippen LogP contribution in [0.2, 0.25) is 0 Å². The summed E-state index contributed by atoms with van der Waals surface area (Å²) >= 11 is 0. The van der Waals surface area contributed by atoms with Gasteiger partial charge in [0, 0.05) is 0 Å². The number of para-hydroxylation sites is 1. The molecule has 0 unspecified atom stereocenters. The third-order valence-corrected chi connectivity index (χ3v) is 4.31. The van der Waals surface area contributed by atoms with Gasteiger partial charge in [0.1, 0.15) is 6.04 Å².